The molecule has 0 radical (unpaired) electrons. The van der Waals surface area contributed by atoms with Gasteiger partial charge in [0.2, 0.25) is 10.0 Å². The average molecular weight is 306 g/mol. The molecule has 0 heterocycles. The third-order valence-electron chi connectivity index (χ3n) is 3.11. The van der Waals surface area contributed by atoms with Crippen molar-refractivity contribution < 1.29 is 8.42 Å². The Morgan fingerprint density at radius 3 is 2.14 bits per heavy atom. The van der Waals surface area contributed by atoms with Gasteiger partial charge in [-0.15, -0.1) is 0 Å². The first kappa shape index (κ1) is 17.0. The molecular weight excluding hydrogens is 288 g/mol. The molecular formula is C14H18N4O2S. The van der Waals surface area contributed by atoms with Gasteiger partial charge in [-0.2, -0.15) is 14.8 Å². The molecule has 0 aromatic heterocycles. The molecule has 0 bridgehead atoms. The SMILES string of the molecule is Cc1cc(N)c(C)c(S(=O)(=O)N(CCC#N)CCC#N)c1. The second-order valence-corrected chi connectivity index (χ2v) is 6.60. The van der Waals surface area contributed by atoms with Crippen molar-refractivity contribution in [3.8, 4) is 12.1 Å². The van der Waals surface area contributed by atoms with Crippen LogP contribution < -0.4 is 5.73 Å². The standard InChI is InChI=1S/C14H18N4O2S/c1-11-9-13(17)12(2)14(10-11)21(19,20)18(7-3-5-15)8-4-6-16/h9-10H,3-4,7-8,17H2,1-2H3. The second-order valence-electron chi connectivity index (χ2n) is 4.70. The summed E-state index contributed by atoms with van der Waals surface area (Å²) in [5, 5.41) is 17.3. The number of anilines is 1. The molecule has 0 unspecified atom stereocenters. The highest BCUT2D eigenvalue weighted by molar-refractivity contribution is 7.89. The van der Waals surface area contributed by atoms with Gasteiger partial charge in [-0.1, -0.05) is 0 Å². The predicted molar refractivity (Wildman–Crippen MR) is 79.5 cm³/mol. The van der Waals surface area contributed by atoms with E-state index in [2.05, 4.69) is 0 Å². The number of nitrogen functional groups attached to an aromatic ring is 1. The van der Waals surface area contributed by atoms with E-state index in [9.17, 15) is 8.42 Å². The minimum atomic E-state index is -3.77. The summed E-state index contributed by atoms with van der Waals surface area (Å²) in [4.78, 5) is 0.135. The highest BCUT2D eigenvalue weighted by atomic mass is 32.2. The van der Waals surface area contributed by atoms with E-state index in [-0.39, 0.29) is 30.8 Å². The highest BCUT2D eigenvalue weighted by Gasteiger charge is 2.26. The van der Waals surface area contributed by atoms with Crippen molar-refractivity contribution in [3.05, 3.63) is 23.3 Å². The number of hydrogen-bond acceptors (Lipinski definition) is 5. The van der Waals surface area contributed by atoms with E-state index in [1.807, 2.05) is 12.1 Å². The van der Waals surface area contributed by atoms with Crippen LogP contribution in [0.2, 0.25) is 0 Å². The molecule has 0 saturated carbocycles. The van der Waals surface area contributed by atoms with Gasteiger partial charge in [0.05, 0.1) is 17.0 Å². The Morgan fingerprint density at radius 2 is 1.67 bits per heavy atom. The molecule has 0 amide bonds. The van der Waals surface area contributed by atoms with E-state index >= 15 is 0 Å². The van der Waals surface area contributed by atoms with Gasteiger partial charge in [0, 0.05) is 31.6 Å². The molecule has 0 fully saturated rings. The van der Waals surface area contributed by atoms with E-state index in [0.717, 1.165) is 5.56 Å². The lowest BCUT2D eigenvalue weighted by atomic mass is 10.1. The third-order valence-corrected chi connectivity index (χ3v) is 5.13. The molecule has 7 heteroatoms. The van der Waals surface area contributed by atoms with Crippen LogP contribution in [0.5, 0.6) is 0 Å². The smallest absolute Gasteiger partial charge is 0.243 e. The molecule has 1 rings (SSSR count). The van der Waals surface area contributed by atoms with Crippen LogP contribution in [0, 0.1) is 36.5 Å². The first-order valence-corrected chi connectivity index (χ1v) is 7.89. The lowest BCUT2D eigenvalue weighted by molar-refractivity contribution is 0.424. The summed E-state index contributed by atoms with van der Waals surface area (Å²) in [5.74, 6) is 0. The van der Waals surface area contributed by atoms with Crippen LogP contribution in [-0.2, 0) is 10.0 Å². The molecule has 21 heavy (non-hydrogen) atoms. The fraction of sp³-hybridized carbons (Fsp3) is 0.429. The van der Waals surface area contributed by atoms with Crippen molar-refractivity contribution in [2.24, 2.45) is 0 Å². The molecule has 1 aromatic rings. The fourth-order valence-corrected chi connectivity index (χ4v) is 3.74. The molecule has 0 saturated heterocycles. The lowest BCUT2D eigenvalue weighted by Crippen LogP contribution is -2.33. The van der Waals surface area contributed by atoms with Crippen LogP contribution in [0.3, 0.4) is 0 Å². The number of sulfonamides is 1. The van der Waals surface area contributed by atoms with Gasteiger partial charge < -0.3 is 5.73 Å². The van der Waals surface area contributed by atoms with E-state index in [4.69, 9.17) is 16.3 Å². The Morgan fingerprint density at radius 1 is 1.14 bits per heavy atom. The summed E-state index contributed by atoms with van der Waals surface area (Å²) in [5.41, 5.74) is 7.48. The van der Waals surface area contributed by atoms with Crippen LogP contribution in [0.1, 0.15) is 24.0 Å². The van der Waals surface area contributed by atoms with E-state index in [1.165, 1.54) is 4.31 Å². The summed E-state index contributed by atoms with van der Waals surface area (Å²) in [6.07, 6.45) is 0.149. The second kappa shape index (κ2) is 7.07. The van der Waals surface area contributed by atoms with Crippen molar-refractivity contribution in [2.45, 2.75) is 31.6 Å². The van der Waals surface area contributed by atoms with E-state index in [1.54, 1.807) is 26.0 Å². The van der Waals surface area contributed by atoms with Gasteiger partial charge >= 0.3 is 0 Å². The van der Waals surface area contributed by atoms with Gasteiger partial charge in [-0.3, -0.25) is 0 Å². The molecule has 0 atom stereocenters. The van der Waals surface area contributed by atoms with Gasteiger partial charge in [0.15, 0.2) is 0 Å². The summed E-state index contributed by atoms with van der Waals surface area (Å²) in [6, 6.07) is 7.12. The largest absolute Gasteiger partial charge is 0.398 e. The Kier molecular flexibility index (Phi) is 5.71. The zero-order valence-electron chi connectivity index (χ0n) is 12.1. The van der Waals surface area contributed by atoms with Crippen molar-refractivity contribution in [3.63, 3.8) is 0 Å². The van der Waals surface area contributed by atoms with Crippen LogP contribution >= 0.6 is 0 Å². The van der Waals surface area contributed by atoms with Gasteiger partial charge in [0.1, 0.15) is 0 Å². The number of hydrogen-bond donors (Lipinski definition) is 1. The number of aryl methyl sites for hydroxylation is 1. The topological polar surface area (TPSA) is 111 Å². The third kappa shape index (κ3) is 3.94. The molecule has 1 aromatic carbocycles. The summed E-state index contributed by atoms with van der Waals surface area (Å²) < 4.78 is 26.6. The minimum Gasteiger partial charge on any atom is -0.398 e. The molecule has 6 nitrogen and oxygen atoms in total. The summed E-state index contributed by atoms with van der Waals surface area (Å²) >= 11 is 0. The Bertz CT molecular complexity index is 681. The number of nitrogens with two attached hydrogens (primary N) is 1. The van der Waals surface area contributed by atoms with E-state index < -0.39 is 10.0 Å². The van der Waals surface area contributed by atoms with Gasteiger partial charge in [-0.05, 0) is 37.1 Å². The molecule has 2 N–H and O–H groups in total. The van der Waals surface area contributed by atoms with Crippen LogP contribution in [-0.4, -0.2) is 25.8 Å². The zero-order chi connectivity index (χ0) is 16.0. The Hall–Kier alpha value is -2.09. The maximum absolute atomic E-state index is 12.7. The Labute approximate surface area is 125 Å². The first-order valence-electron chi connectivity index (χ1n) is 6.45. The maximum atomic E-state index is 12.7. The van der Waals surface area contributed by atoms with E-state index in [0.29, 0.717) is 11.3 Å². The van der Waals surface area contributed by atoms with Gasteiger partial charge in [-0.25, -0.2) is 8.42 Å². The van der Waals surface area contributed by atoms with Crippen molar-refractivity contribution in [1.82, 2.24) is 4.31 Å². The predicted octanol–water partition coefficient (Wildman–Crippen LogP) is 1.70. The average Bonchev–Trinajstić information content (AvgIpc) is 2.42. The lowest BCUT2D eigenvalue weighted by Gasteiger charge is -2.22. The van der Waals surface area contributed by atoms with Gasteiger partial charge in [0.25, 0.3) is 0 Å². The number of benzene rings is 1. The first-order chi connectivity index (χ1) is 9.84. The van der Waals surface area contributed by atoms with Crippen molar-refractivity contribution >= 4 is 15.7 Å². The van der Waals surface area contributed by atoms with Crippen molar-refractivity contribution in [1.29, 1.82) is 10.5 Å². The Balaban J connectivity index is 3.29. The molecule has 112 valence electrons. The molecule has 0 aliphatic rings. The number of nitriles is 2. The molecule has 0 spiro atoms. The summed E-state index contributed by atoms with van der Waals surface area (Å²) in [7, 11) is -3.77. The fourth-order valence-electron chi connectivity index (χ4n) is 1.96. The highest BCUT2D eigenvalue weighted by Crippen LogP contribution is 2.26. The zero-order valence-corrected chi connectivity index (χ0v) is 12.9. The normalized spacial score (nSPS) is 11.1. The van der Waals surface area contributed by atoms with Crippen LogP contribution in [0.25, 0.3) is 0 Å². The molecule has 0 aliphatic heterocycles. The van der Waals surface area contributed by atoms with Crippen molar-refractivity contribution in [2.75, 3.05) is 18.8 Å². The molecule has 0 aliphatic carbocycles. The number of nitrogens with zero attached hydrogens (tertiary/aromatic N) is 3. The van der Waals surface area contributed by atoms with Crippen LogP contribution in [0.15, 0.2) is 17.0 Å². The van der Waals surface area contributed by atoms with Crippen LogP contribution in [0.4, 0.5) is 5.69 Å². The maximum Gasteiger partial charge on any atom is 0.243 e. The summed E-state index contributed by atoms with van der Waals surface area (Å²) in [6.45, 7) is 3.54. The number of rotatable bonds is 6. The minimum absolute atomic E-state index is 0.0633. The monoisotopic (exact) mass is 306 g/mol. The quantitative estimate of drug-likeness (QED) is 0.804.